The molecule has 1 aromatic rings. The number of rotatable bonds is 11. The van der Waals surface area contributed by atoms with Gasteiger partial charge in [0.05, 0.1) is 87.6 Å². The molecule has 5 heterocycles. The number of hydrogen-bond donors (Lipinski definition) is 13. The summed E-state index contributed by atoms with van der Waals surface area (Å²) in [6.45, 7) is -0.520. The lowest BCUT2D eigenvalue weighted by atomic mass is 9.76. The van der Waals surface area contributed by atoms with E-state index < -0.39 is 132 Å². The zero-order valence-corrected chi connectivity index (χ0v) is 43.4. The van der Waals surface area contributed by atoms with Crippen molar-refractivity contribution in [1.82, 2.24) is 42.5 Å². The molecule has 21 atom stereocenters. The van der Waals surface area contributed by atoms with Crippen molar-refractivity contribution < 1.29 is 64.1 Å². The fourth-order valence-corrected chi connectivity index (χ4v) is 20.0. The van der Waals surface area contributed by atoms with Gasteiger partial charge < -0.3 is 0 Å². The van der Waals surface area contributed by atoms with Gasteiger partial charge in [-0.2, -0.15) is 21.0 Å². The van der Waals surface area contributed by atoms with Crippen LogP contribution in [0.5, 0.6) is 0 Å². The van der Waals surface area contributed by atoms with Gasteiger partial charge >= 0.3 is 11.4 Å². The molecule has 4 saturated carbocycles. The first-order valence-corrected chi connectivity index (χ1v) is 33.3. The Morgan fingerprint density at radius 2 is 0.831 bits per heavy atom. The van der Waals surface area contributed by atoms with E-state index in [2.05, 4.69) is 51.4 Å². The Morgan fingerprint density at radius 1 is 0.507 bits per heavy atom. The number of anilines is 1. The molecule has 8 bridgehead atoms. The molecular weight excluding hydrogens is 1050 g/mol. The lowest BCUT2D eigenvalue weighted by Crippen LogP contribution is -2.61. The molecular formula is C40H66N10O15S6. The van der Waals surface area contributed by atoms with Crippen molar-refractivity contribution in [3.8, 4) is 0 Å². The lowest BCUT2D eigenvalue weighted by Gasteiger charge is -2.38. The third-order valence-corrected chi connectivity index (χ3v) is 25.5. The average molecular weight is 1120 g/mol. The van der Waals surface area contributed by atoms with E-state index in [1.165, 1.54) is 24.3 Å². The number of hydrogen-bond acceptors (Lipinski definition) is 20. The molecule has 5 aliphatic heterocycles. The first-order valence-electron chi connectivity index (χ1n) is 24.4. The second-order valence-electron chi connectivity index (χ2n) is 21.4. The summed E-state index contributed by atoms with van der Waals surface area (Å²) in [6.07, 6.45) is 0.437. The van der Waals surface area contributed by atoms with Gasteiger partial charge in [-0.25, -0.2) is 30.4 Å². The van der Waals surface area contributed by atoms with Gasteiger partial charge in [0.1, 0.15) is 0 Å². The molecule has 9 fully saturated rings. The zero-order valence-electron chi connectivity index (χ0n) is 38.5. The molecule has 5 saturated heterocycles. The Kier molecular flexibility index (Phi) is 14.7. The fourth-order valence-electron chi connectivity index (χ4n) is 14.3. The van der Waals surface area contributed by atoms with Crippen molar-refractivity contribution in [1.29, 1.82) is 0 Å². The Morgan fingerprint density at radius 3 is 1.18 bits per heavy atom. The quantitative estimate of drug-likeness (QED) is 0.0838. The first-order chi connectivity index (χ1) is 33.3. The summed E-state index contributed by atoms with van der Waals surface area (Å²) < 4.78 is 178. The van der Waals surface area contributed by atoms with Crippen LogP contribution >= 0.6 is 0 Å². The summed E-state index contributed by atoms with van der Waals surface area (Å²) in [6, 6.07) is 5.17. The van der Waals surface area contributed by atoms with Crippen LogP contribution in [0, 0.1) is 47.3 Å². The largest absolute Gasteiger partial charge is 0.301 e. The topological polar surface area (TPSA) is 392 Å². The summed E-state index contributed by atoms with van der Waals surface area (Å²) in [7, 11) is -20.6. The van der Waals surface area contributed by atoms with Crippen molar-refractivity contribution in [3.63, 3.8) is 0 Å². The first kappa shape index (κ1) is 52.8. The van der Waals surface area contributed by atoms with Crippen LogP contribution in [0.2, 0.25) is 0 Å². The number of sulfone groups is 1. The minimum atomic E-state index is -4.38. The fraction of sp³-hybridized carbons (Fsp3) is 0.850. The standard InChI is InChI=1S/C40H66N10O15S6/c41-68(55,56)21-5-9-25-29(15-21)37-42-33(25)44-38-30-16-22(69(57,58)50-19-1-3-20(4-2-19)67(53,54)14-13-65-66(51)52)6-10-26(30)34(45-38)46-39-32-18-24(71(62,63)64)8-12-28(32)36(48-39)49-40-31-17-23(70(59,60)61)7-11-27(31)35(43-37)47-40/h1-4,21-40,42-50H,5-18H2,(H,51,52)(H2,41,55,56)(H,59,60,61)(H,62,63,64). The Bertz CT molecular complexity index is 2730. The predicted octanol–water partition coefficient (Wildman–Crippen LogP) is -2.05. The highest BCUT2D eigenvalue weighted by Crippen LogP contribution is 2.48. The van der Waals surface area contributed by atoms with E-state index in [4.69, 9.17) is 9.69 Å². The predicted molar refractivity (Wildman–Crippen MR) is 258 cm³/mol. The number of primary sulfonamides is 1. The van der Waals surface area contributed by atoms with Crippen LogP contribution in [-0.2, 0) is 65.7 Å². The molecule has 0 amide bonds. The van der Waals surface area contributed by atoms with E-state index in [1.807, 2.05) is 0 Å². The number of nitrogens with one attached hydrogen (secondary N) is 9. The van der Waals surface area contributed by atoms with Crippen LogP contribution in [0.1, 0.15) is 77.0 Å². The van der Waals surface area contributed by atoms with Crippen LogP contribution in [0.3, 0.4) is 0 Å². The number of benzene rings is 1. The number of nitrogens with two attached hydrogens (primary N) is 1. The highest BCUT2D eigenvalue weighted by atomic mass is 32.2. The molecule has 0 radical (unpaired) electrons. The highest BCUT2D eigenvalue weighted by Gasteiger charge is 2.58. The Hall–Kier alpha value is -1.60. The van der Waals surface area contributed by atoms with Gasteiger partial charge in [0.2, 0.25) is 20.0 Å². The van der Waals surface area contributed by atoms with Crippen molar-refractivity contribution >= 4 is 67.2 Å². The van der Waals surface area contributed by atoms with Gasteiger partial charge in [0, 0.05) is 5.69 Å². The van der Waals surface area contributed by atoms with Gasteiger partial charge in [-0.1, -0.05) is 0 Å². The molecule has 71 heavy (non-hydrogen) atoms. The van der Waals surface area contributed by atoms with Gasteiger partial charge in [-0.15, -0.1) is 0 Å². The maximum atomic E-state index is 14.3. The summed E-state index contributed by atoms with van der Waals surface area (Å²) in [5, 5.41) is 32.4. The highest BCUT2D eigenvalue weighted by molar-refractivity contribution is 7.93. The average Bonchev–Trinajstić information content (AvgIpc) is 4.02. The molecule has 14 N–H and O–H groups in total. The Balaban J connectivity index is 0.949. The number of sulfonamides is 2. The summed E-state index contributed by atoms with van der Waals surface area (Å²) in [5.74, 6) is -2.05. The van der Waals surface area contributed by atoms with Gasteiger partial charge in [-0.05, 0) is 149 Å². The van der Waals surface area contributed by atoms with Crippen LogP contribution in [0.4, 0.5) is 5.69 Å². The molecule has 0 aromatic heterocycles. The van der Waals surface area contributed by atoms with Crippen molar-refractivity contribution in [2.75, 3.05) is 17.1 Å². The normalized spacial score (nSPS) is 43.4. The molecule has 402 valence electrons. The minimum Gasteiger partial charge on any atom is -0.286 e. The van der Waals surface area contributed by atoms with E-state index in [-0.39, 0.29) is 115 Å². The minimum absolute atomic E-state index is 0.0874. The van der Waals surface area contributed by atoms with E-state index in [0.29, 0.717) is 32.1 Å². The van der Waals surface area contributed by atoms with Crippen molar-refractivity contribution in [2.24, 2.45) is 52.5 Å². The molecule has 9 aliphatic rings. The molecule has 31 heteroatoms. The van der Waals surface area contributed by atoms with Crippen LogP contribution in [0.15, 0.2) is 29.2 Å². The smallest absolute Gasteiger partial charge is 0.286 e. The van der Waals surface area contributed by atoms with Crippen LogP contribution in [-0.4, -0.2) is 143 Å². The molecule has 0 spiro atoms. The molecule has 25 nitrogen and oxygen atoms in total. The molecule has 4 aliphatic carbocycles. The van der Waals surface area contributed by atoms with Crippen LogP contribution < -0.4 is 52.4 Å². The lowest BCUT2D eigenvalue weighted by molar-refractivity contribution is 0.168. The molecule has 21 unspecified atom stereocenters. The van der Waals surface area contributed by atoms with E-state index in [0.717, 1.165) is 0 Å². The second kappa shape index (κ2) is 19.8. The maximum absolute atomic E-state index is 14.3. The maximum Gasteiger partial charge on any atom is 0.301 e. The van der Waals surface area contributed by atoms with Crippen molar-refractivity contribution in [3.05, 3.63) is 24.3 Å². The van der Waals surface area contributed by atoms with Gasteiger partial charge in [0.25, 0.3) is 20.2 Å². The summed E-state index contributed by atoms with van der Waals surface area (Å²) >= 11 is -2.63. The summed E-state index contributed by atoms with van der Waals surface area (Å²) in [5.41, 5.74) is 0.145. The zero-order chi connectivity index (χ0) is 50.6. The SMILES string of the molecule is NS(=O)(=O)C1CCC2C3NC(NC4NC(NC5NC(NC6NC(N3)C3CC(S(=O)(=O)Nc7ccc(S(=O)(=O)CCOS(=O)O)cc7)CCC63)C3CC(S(=O)(=O)O)CCC53)C3CC(S(=O)(=O)O)CCC43)C2C1. The van der Waals surface area contributed by atoms with E-state index in [9.17, 15) is 55.4 Å². The summed E-state index contributed by atoms with van der Waals surface area (Å²) in [4.78, 5) is -0.125. The number of fused-ring (bicyclic) bond motifs is 20. The van der Waals surface area contributed by atoms with E-state index in [1.54, 1.807) is 0 Å². The third kappa shape index (κ3) is 10.9. The third-order valence-electron chi connectivity index (χ3n) is 17.7. The molecule has 1 aromatic carbocycles. The van der Waals surface area contributed by atoms with Gasteiger partial charge in [-0.3, -0.25) is 65.1 Å². The van der Waals surface area contributed by atoms with E-state index >= 15 is 0 Å². The molecule has 10 rings (SSSR count). The monoisotopic (exact) mass is 1120 g/mol. The van der Waals surface area contributed by atoms with Crippen LogP contribution in [0.25, 0.3) is 0 Å². The van der Waals surface area contributed by atoms with Gasteiger partial charge in [0.15, 0.2) is 9.84 Å². The second-order valence-corrected chi connectivity index (χ2v) is 31.3. The van der Waals surface area contributed by atoms with Crippen molar-refractivity contribution in [2.45, 2.75) is 152 Å². The Labute approximate surface area is 417 Å².